The fraction of sp³-hybridized carbons (Fsp3) is 0.316. The molecule has 3 rings (SSSR count). The Balaban J connectivity index is 1.87. The van der Waals surface area contributed by atoms with Crippen LogP contribution >= 0.6 is 0 Å². The van der Waals surface area contributed by atoms with Gasteiger partial charge in [0.1, 0.15) is 12.2 Å². The van der Waals surface area contributed by atoms with E-state index in [-0.39, 0.29) is 17.8 Å². The average Bonchev–Trinajstić information content (AvgIpc) is 2.98. The molecule has 0 atom stereocenters. The van der Waals surface area contributed by atoms with Gasteiger partial charge in [0.2, 0.25) is 0 Å². The van der Waals surface area contributed by atoms with Crippen molar-refractivity contribution in [2.45, 2.75) is 32.4 Å². The first-order chi connectivity index (χ1) is 11.9. The smallest absolute Gasteiger partial charge is 0.185 e. The molecule has 3 aromatic rings. The van der Waals surface area contributed by atoms with E-state index < -0.39 is 19.7 Å². The predicted octanol–water partition coefficient (Wildman–Crippen LogP) is 5.29. The van der Waals surface area contributed by atoms with Crippen LogP contribution in [-0.4, -0.2) is 24.5 Å². The van der Waals surface area contributed by atoms with E-state index in [2.05, 4.69) is 24.7 Å². The van der Waals surface area contributed by atoms with Crippen LogP contribution in [0.5, 0.6) is 0 Å². The van der Waals surface area contributed by atoms with Crippen LogP contribution < -0.4 is 0 Å². The number of hydrogen-bond donors (Lipinski definition) is 0. The molecule has 0 radical (unpaired) electrons. The standard InChI is InChI=1S/C19H22F2N2OSi/c1-25(2,3)10-9-24-13-23-19-15(12-22-23)11-16(17(20)18(19)21)14-7-5-4-6-8-14/h4-8,11-12H,9-10,13H2,1-3H3. The summed E-state index contributed by atoms with van der Waals surface area (Å²) < 4.78 is 36.2. The van der Waals surface area contributed by atoms with Crippen LogP contribution in [0, 0.1) is 11.6 Å². The zero-order valence-corrected chi connectivity index (χ0v) is 15.7. The maximum atomic E-state index is 14.7. The SMILES string of the molecule is C[Si](C)(C)CCOCn1ncc2cc(-c3ccccc3)c(F)c(F)c21. The molecular weight excluding hydrogens is 338 g/mol. The predicted molar refractivity (Wildman–Crippen MR) is 99.2 cm³/mol. The van der Waals surface area contributed by atoms with Crippen LogP contribution in [0.4, 0.5) is 8.78 Å². The summed E-state index contributed by atoms with van der Waals surface area (Å²) in [5.74, 6) is -1.75. The van der Waals surface area contributed by atoms with Crippen molar-refractivity contribution in [3.8, 4) is 11.1 Å². The van der Waals surface area contributed by atoms with Crippen molar-refractivity contribution in [1.82, 2.24) is 9.78 Å². The van der Waals surface area contributed by atoms with Crippen molar-refractivity contribution in [2.75, 3.05) is 6.61 Å². The van der Waals surface area contributed by atoms with Gasteiger partial charge in [-0.05, 0) is 17.7 Å². The summed E-state index contributed by atoms with van der Waals surface area (Å²) in [5.41, 5.74) is 1.02. The van der Waals surface area contributed by atoms with E-state index in [1.54, 1.807) is 36.5 Å². The molecule has 2 aromatic carbocycles. The molecular formula is C19H22F2N2OSi. The molecule has 0 saturated carbocycles. The van der Waals surface area contributed by atoms with E-state index in [0.29, 0.717) is 17.6 Å². The van der Waals surface area contributed by atoms with Crippen molar-refractivity contribution in [2.24, 2.45) is 0 Å². The largest absolute Gasteiger partial charge is 0.360 e. The van der Waals surface area contributed by atoms with Crippen molar-refractivity contribution in [3.63, 3.8) is 0 Å². The first-order valence-electron chi connectivity index (χ1n) is 8.33. The van der Waals surface area contributed by atoms with Gasteiger partial charge in [-0.1, -0.05) is 50.0 Å². The Morgan fingerprint density at radius 3 is 2.48 bits per heavy atom. The van der Waals surface area contributed by atoms with Gasteiger partial charge in [-0.2, -0.15) is 5.10 Å². The lowest BCUT2D eigenvalue weighted by molar-refractivity contribution is 0.0812. The second kappa shape index (κ2) is 7.05. The van der Waals surface area contributed by atoms with E-state index in [1.807, 2.05) is 6.07 Å². The summed E-state index contributed by atoms with van der Waals surface area (Å²) in [4.78, 5) is 0. The molecule has 0 bridgehead atoms. The van der Waals surface area contributed by atoms with Gasteiger partial charge >= 0.3 is 0 Å². The molecule has 1 heterocycles. The molecule has 0 unspecified atom stereocenters. The summed E-state index contributed by atoms with van der Waals surface area (Å²) in [6.45, 7) is 7.51. The van der Waals surface area contributed by atoms with E-state index in [0.717, 1.165) is 6.04 Å². The Morgan fingerprint density at radius 1 is 1.08 bits per heavy atom. The first-order valence-corrected chi connectivity index (χ1v) is 12.0. The molecule has 0 N–H and O–H groups in total. The molecule has 0 amide bonds. The van der Waals surface area contributed by atoms with Crippen LogP contribution in [-0.2, 0) is 11.5 Å². The second-order valence-corrected chi connectivity index (χ2v) is 13.0. The highest BCUT2D eigenvalue weighted by molar-refractivity contribution is 6.76. The van der Waals surface area contributed by atoms with Crippen LogP contribution in [0.25, 0.3) is 22.0 Å². The number of halogens is 2. The minimum atomic E-state index is -1.19. The van der Waals surface area contributed by atoms with Gasteiger partial charge in [0.25, 0.3) is 0 Å². The van der Waals surface area contributed by atoms with Crippen LogP contribution in [0.2, 0.25) is 25.7 Å². The molecule has 0 fully saturated rings. The molecule has 132 valence electrons. The van der Waals surface area contributed by atoms with Gasteiger partial charge in [-0.3, -0.25) is 0 Å². The number of ether oxygens (including phenoxy) is 1. The number of benzene rings is 2. The first kappa shape index (κ1) is 17.8. The zero-order chi connectivity index (χ0) is 18.0. The van der Waals surface area contributed by atoms with Crippen LogP contribution in [0.1, 0.15) is 0 Å². The van der Waals surface area contributed by atoms with E-state index in [4.69, 9.17) is 4.74 Å². The highest BCUT2D eigenvalue weighted by Crippen LogP contribution is 2.30. The van der Waals surface area contributed by atoms with Gasteiger partial charge < -0.3 is 4.74 Å². The molecule has 0 saturated heterocycles. The minimum absolute atomic E-state index is 0.120. The molecule has 0 spiro atoms. The number of nitrogens with zero attached hydrogens (tertiary/aromatic N) is 2. The van der Waals surface area contributed by atoms with Crippen molar-refractivity contribution in [1.29, 1.82) is 0 Å². The minimum Gasteiger partial charge on any atom is -0.360 e. The van der Waals surface area contributed by atoms with Crippen LogP contribution in [0.3, 0.4) is 0 Å². The summed E-state index contributed by atoms with van der Waals surface area (Å²) in [6.07, 6.45) is 1.55. The van der Waals surface area contributed by atoms with Gasteiger partial charge in [0.15, 0.2) is 11.6 Å². The monoisotopic (exact) mass is 360 g/mol. The lowest BCUT2D eigenvalue weighted by atomic mass is 10.0. The maximum Gasteiger partial charge on any atom is 0.185 e. The average molecular weight is 360 g/mol. The zero-order valence-electron chi connectivity index (χ0n) is 14.7. The molecule has 1 aromatic heterocycles. The fourth-order valence-corrected chi connectivity index (χ4v) is 3.40. The quantitative estimate of drug-likeness (QED) is 0.441. The molecule has 6 heteroatoms. The van der Waals surface area contributed by atoms with E-state index >= 15 is 0 Å². The van der Waals surface area contributed by atoms with Crippen molar-refractivity contribution >= 4 is 19.0 Å². The van der Waals surface area contributed by atoms with Crippen molar-refractivity contribution in [3.05, 3.63) is 54.2 Å². The van der Waals surface area contributed by atoms with E-state index in [1.165, 1.54) is 4.68 Å². The third kappa shape index (κ3) is 3.96. The van der Waals surface area contributed by atoms with Gasteiger partial charge in [-0.15, -0.1) is 0 Å². The number of rotatable bonds is 6. The van der Waals surface area contributed by atoms with Gasteiger partial charge in [0.05, 0.1) is 6.20 Å². The highest BCUT2D eigenvalue weighted by Gasteiger charge is 2.19. The Hall–Kier alpha value is -2.05. The van der Waals surface area contributed by atoms with Gasteiger partial charge in [-0.25, -0.2) is 13.5 Å². The molecule has 0 aliphatic carbocycles. The number of fused-ring (bicyclic) bond motifs is 1. The third-order valence-corrected chi connectivity index (χ3v) is 5.80. The summed E-state index contributed by atoms with van der Waals surface area (Å²) in [7, 11) is -1.19. The molecule has 0 aliphatic rings. The van der Waals surface area contributed by atoms with E-state index in [9.17, 15) is 8.78 Å². The molecule has 25 heavy (non-hydrogen) atoms. The highest BCUT2D eigenvalue weighted by atomic mass is 28.3. The summed E-state index contributed by atoms with van der Waals surface area (Å²) >= 11 is 0. The van der Waals surface area contributed by atoms with Crippen LogP contribution in [0.15, 0.2) is 42.6 Å². The second-order valence-electron chi connectivity index (χ2n) is 7.35. The maximum absolute atomic E-state index is 14.7. The summed E-state index contributed by atoms with van der Waals surface area (Å²) in [6, 6.07) is 11.6. The van der Waals surface area contributed by atoms with Gasteiger partial charge in [0, 0.05) is 25.6 Å². The molecule has 3 nitrogen and oxygen atoms in total. The normalized spacial score (nSPS) is 12.0. The Morgan fingerprint density at radius 2 is 1.80 bits per heavy atom. The number of aromatic nitrogens is 2. The fourth-order valence-electron chi connectivity index (χ4n) is 2.64. The Labute approximate surface area is 147 Å². The Kier molecular flexibility index (Phi) is 5.01. The topological polar surface area (TPSA) is 27.1 Å². The lowest BCUT2D eigenvalue weighted by Gasteiger charge is -2.15. The van der Waals surface area contributed by atoms with Crippen molar-refractivity contribution < 1.29 is 13.5 Å². The third-order valence-electron chi connectivity index (χ3n) is 4.10. The number of hydrogen-bond acceptors (Lipinski definition) is 2. The summed E-state index contributed by atoms with van der Waals surface area (Å²) in [5, 5.41) is 4.72. The Bertz CT molecular complexity index is 873. The molecule has 0 aliphatic heterocycles. The lowest BCUT2D eigenvalue weighted by Crippen LogP contribution is -2.22.